The molecule has 0 saturated carbocycles. The number of hydrogen-bond acceptors (Lipinski definition) is 6. The molecule has 0 heterocycles. The minimum absolute atomic E-state index is 0.138. The van der Waals surface area contributed by atoms with Gasteiger partial charge in [-0.3, -0.25) is 10.1 Å². The molecule has 0 aliphatic rings. The second kappa shape index (κ2) is 6.57. The SMILES string of the molecule is COC(=O)c1ccc(Oc2cc(OC)cc([N+](=O)[O-])c2)cc1. The van der Waals surface area contributed by atoms with Crippen molar-refractivity contribution in [2.24, 2.45) is 0 Å². The standard InChI is InChI=1S/C15H13NO6/c1-20-13-7-11(16(18)19)8-14(9-13)22-12-5-3-10(4-6-12)15(17)21-2/h3-9H,1-2H3. The summed E-state index contributed by atoms with van der Waals surface area (Å²) in [6, 6.07) is 10.3. The largest absolute Gasteiger partial charge is 0.496 e. The summed E-state index contributed by atoms with van der Waals surface area (Å²) < 4.78 is 15.1. The first-order valence-corrected chi connectivity index (χ1v) is 6.23. The molecule has 2 aromatic rings. The van der Waals surface area contributed by atoms with Crippen LogP contribution in [0.4, 0.5) is 5.69 Å². The van der Waals surface area contributed by atoms with Gasteiger partial charge in [0.15, 0.2) is 0 Å². The van der Waals surface area contributed by atoms with Crippen LogP contribution >= 0.6 is 0 Å². The molecule has 114 valence electrons. The molecule has 0 bridgehead atoms. The molecule has 0 aliphatic heterocycles. The summed E-state index contributed by atoms with van der Waals surface area (Å²) in [5.41, 5.74) is 0.243. The van der Waals surface area contributed by atoms with Gasteiger partial charge in [0.05, 0.1) is 36.8 Å². The highest BCUT2D eigenvalue weighted by Crippen LogP contribution is 2.30. The Morgan fingerprint density at radius 3 is 2.18 bits per heavy atom. The molecule has 2 rings (SSSR count). The Hall–Kier alpha value is -3.09. The van der Waals surface area contributed by atoms with Crippen molar-refractivity contribution in [3.63, 3.8) is 0 Å². The first kappa shape index (κ1) is 15.3. The summed E-state index contributed by atoms with van der Waals surface area (Å²) in [4.78, 5) is 21.7. The Kier molecular flexibility index (Phi) is 4.57. The Morgan fingerprint density at radius 1 is 1.00 bits per heavy atom. The minimum Gasteiger partial charge on any atom is -0.496 e. The second-order valence-electron chi connectivity index (χ2n) is 4.24. The van der Waals surface area contributed by atoms with Gasteiger partial charge in [0.1, 0.15) is 17.2 Å². The van der Waals surface area contributed by atoms with Gasteiger partial charge < -0.3 is 14.2 Å². The van der Waals surface area contributed by atoms with E-state index in [1.54, 1.807) is 12.1 Å². The van der Waals surface area contributed by atoms with Crippen LogP contribution < -0.4 is 9.47 Å². The summed E-state index contributed by atoms with van der Waals surface area (Å²) in [7, 11) is 2.70. The third-order valence-electron chi connectivity index (χ3n) is 2.82. The molecule has 2 aromatic carbocycles. The first-order chi connectivity index (χ1) is 10.5. The van der Waals surface area contributed by atoms with Gasteiger partial charge in [-0.1, -0.05) is 0 Å². The summed E-state index contributed by atoms with van der Waals surface area (Å²) in [6.45, 7) is 0. The number of esters is 1. The van der Waals surface area contributed by atoms with Gasteiger partial charge in [-0.2, -0.15) is 0 Å². The smallest absolute Gasteiger partial charge is 0.337 e. The number of nitro groups is 1. The predicted octanol–water partition coefficient (Wildman–Crippen LogP) is 3.18. The number of hydrogen-bond donors (Lipinski definition) is 0. The number of carbonyl (C=O) groups excluding carboxylic acids is 1. The molecule has 0 aromatic heterocycles. The van der Waals surface area contributed by atoms with Crippen molar-refractivity contribution >= 4 is 11.7 Å². The molecule has 0 radical (unpaired) electrons. The predicted molar refractivity (Wildman–Crippen MR) is 77.5 cm³/mol. The van der Waals surface area contributed by atoms with Crippen LogP contribution in [0.15, 0.2) is 42.5 Å². The summed E-state index contributed by atoms with van der Waals surface area (Å²) in [5, 5.41) is 10.9. The van der Waals surface area contributed by atoms with E-state index in [2.05, 4.69) is 4.74 Å². The fourth-order valence-corrected chi connectivity index (χ4v) is 1.75. The lowest BCUT2D eigenvalue weighted by Crippen LogP contribution is -2.00. The van der Waals surface area contributed by atoms with Gasteiger partial charge in [-0.05, 0) is 24.3 Å². The Morgan fingerprint density at radius 2 is 1.64 bits per heavy atom. The van der Waals surface area contributed by atoms with Crippen LogP contribution in [0.1, 0.15) is 10.4 Å². The van der Waals surface area contributed by atoms with Crippen LogP contribution in [0.2, 0.25) is 0 Å². The number of methoxy groups -OCH3 is 2. The normalized spacial score (nSPS) is 9.91. The molecule has 0 saturated heterocycles. The van der Waals surface area contributed by atoms with Crippen LogP contribution in [-0.2, 0) is 4.74 Å². The zero-order valence-corrected chi connectivity index (χ0v) is 11.9. The van der Waals surface area contributed by atoms with Crippen molar-refractivity contribution < 1.29 is 23.9 Å². The number of benzene rings is 2. The molecule has 0 spiro atoms. The van der Waals surface area contributed by atoms with E-state index in [0.29, 0.717) is 17.1 Å². The lowest BCUT2D eigenvalue weighted by molar-refractivity contribution is -0.385. The zero-order chi connectivity index (χ0) is 16.1. The number of carbonyl (C=O) groups is 1. The quantitative estimate of drug-likeness (QED) is 0.479. The van der Waals surface area contributed by atoms with E-state index >= 15 is 0 Å². The molecule has 0 aliphatic carbocycles. The zero-order valence-electron chi connectivity index (χ0n) is 11.9. The molecular formula is C15H13NO6. The van der Waals surface area contributed by atoms with E-state index < -0.39 is 10.9 Å². The van der Waals surface area contributed by atoms with Crippen LogP contribution in [-0.4, -0.2) is 25.1 Å². The maximum atomic E-state index is 11.3. The van der Waals surface area contributed by atoms with E-state index in [0.717, 1.165) is 0 Å². The lowest BCUT2D eigenvalue weighted by atomic mass is 10.2. The van der Waals surface area contributed by atoms with E-state index in [9.17, 15) is 14.9 Å². The summed E-state index contributed by atoms with van der Waals surface area (Å²) >= 11 is 0. The molecule has 0 unspecified atom stereocenters. The first-order valence-electron chi connectivity index (χ1n) is 6.23. The fraction of sp³-hybridized carbons (Fsp3) is 0.133. The van der Waals surface area contributed by atoms with Crippen molar-refractivity contribution in [3.8, 4) is 17.2 Å². The van der Waals surface area contributed by atoms with Crippen LogP contribution in [0.3, 0.4) is 0 Å². The third-order valence-corrected chi connectivity index (χ3v) is 2.82. The number of non-ortho nitro benzene ring substituents is 1. The molecular weight excluding hydrogens is 290 g/mol. The van der Waals surface area contributed by atoms with Crippen molar-refractivity contribution in [2.45, 2.75) is 0 Å². The molecule has 0 atom stereocenters. The fourth-order valence-electron chi connectivity index (χ4n) is 1.75. The molecule has 7 nitrogen and oxygen atoms in total. The van der Waals surface area contributed by atoms with Crippen molar-refractivity contribution in [2.75, 3.05) is 14.2 Å². The van der Waals surface area contributed by atoms with E-state index in [-0.39, 0.29) is 11.4 Å². The van der Waals surface area contributed by atoms with Gasteiger partial charge in [-0.25, -0.2) is 4.79 Å². The van der Waals surface area contributed by atoms with E-state index in [1.807, 2.05) is 0 Å². The van der Waals surface area contributed by atoms with Gasteiger partial charge in [0.25, 0.3) is 5.69 Å². The topological polar surface area (TPSA) is 87.9 Å². The maximum absolute atomic E-state index is 11.3. The van der Waals surface area contributed by atoms with Gasteiger partial charge in [-0.15, -0.1) is 0 Å². The van der Waals surface area contributed by atoms with E-state index in [4.69, 9.17) is 9.47 Å². The molecule has 22 heavy (non-hydrogen) atoms. The minimum atomic E-state index is -0.532. The molecule has 7 heteroatoms. The highest BCUT2D eigenvalue weighted by Gasteiger charge is 2.12. The second-order valence-corrected chi connectivity index (χ2v) is 4.24. The maximum Gasteiger partial charge on any atom is 0.337 e. The number of nitro benzene ring substituents is 1. The van der Waals surface area contributed by atoms with Gasteiger partial charge in [0.2, 0.25) is 0 Å². The number of rotatable bonds is 5. The summed E-state index contributed by atoms with van der Waals surface area (Å²) in [6.07, 6.45) is 0. The van der Waals surface area contributed by atoms with Crippen molar-refractivity contribution in [1.29, 1.82) is 0 Å². The average molecular weight is 303 g/mol. The molecule has 0 N–H and O–H groups in total. The Labute approximate surface area is 126 Å². The van der Waals surface area contributed by atoms with E-state index in [1.165, 1.54) is 44.6 Å². The molecule has 0 amide bonds. The van der Waals surface area contributed by atoms with Crippen LogP contribution in [0.25, 0.3) is 0 Å². The van der Waals surface area contributed by atoms with Gasteiger partial charge >= 0.3 is 5.97 Å². The number of ether oxygens (including phenoxy) is 3. The monoisotopic (exact) mass is 303 g/mol. The van der Waals surface area contributed by atoms with Crippen molar-refractivity contribution in [1.82, 2.24) is 0 Å². The van der Waals surface area contributed by atoms with Gasteiger partial charge in [0, 0.05) is 6.07 Å². The third kappa shape index (κ3) is 3.51. The number of nitrogens with zero attached hydrogens (tertiary/aromatic N) is 1. The summed E-state index contributed by atoms with van der Waals surface area (Å²) in [5.74, 6) is 0.547. The van der Waals surface area contributed by atoms with Crippen molar-refractivity contribution in [3.05, 3.63) is 58.1 Å². The highest BCUT2D eigenvalue weighted by atomic mass is 16.6. The Balaban J connectivity index is 2.24. The highest BCUT2D eigenvalue weighted by molar-refractivity contribution is 5.89. The average Bonchev–Trinajstić information content (AvgIpc) is 2.54. The van der Waals surface area contributed by atoms with Crippen LogP contribution in [0.5, 0.6) is 17.2 Å². The van der Waals surface area contributed by atoms with Crippen LogP contribution in [0, 0.1) is 10.1 Å². The lowest BCUT2D eigenvalue weighted by Gasteiger charge is -2.08. The molecule has 0 fully saturated rings. The Bertz CT molecular complexity index is 696.